The molecule has 0 saturated carbocycles. The summed E-state index contributed by atoms with van der Waals surface area (Å²) in [6, 6.07) is 6.39. The molecule has 0 bridgehead atoms. The summed E-state index contributed by atoms with van der Waals surface area (Å²) in [5.41, 5.74) is 3.77. The number of hydrogen-bond acceptors (Lipinski definition) is 1. The van der Waals surface area contributed by atoms with E-state index in [1.54, 1.807) is 0 Å². The van der Waals surface area contributed by atoms with Crippen LogP contribution in [0.15, 0.2) is 18.2 Å². The van der Waals surface area contributed by atoms with Crippen LogP contribution < -0.4 is 4.90 Å². The van der Waals surface area contributed by atoms with E-state index < -0.39 is 0 Å². The Morgan fingerprint density at radius 3 is 2.62 bits per heavy atom. The third kappa shape index (κ3) is 2.26. The minimum Gasteiger partial charge on any atom is -0.363 e. The molecule has 0 saturated heterocycles. The molecule has 1 nitrogen and oxygen atoms in total. The summed E-state index contributed by atoms with van der Waals surface area (Å²) in [6.45, 7) is 4.86. The van der Waals surface area contributed by atoms with Crippen molar-refractivity contribution in [3.8, 4) is 12.3 Å². The molecule has 68 valence electrons. The summed E-state index contributed by atoms with van der Waals surface area (Å²) in [6.07, 6.45) is 5.26. The van der Waals surface area contributed by atoms with Crippen molar-refractivity contribution in [2.24, 2.45) is 0 Å². The van der Waals surface area contributed by atoms with Gasteiger partial charge in [-0.05, 0) is 25.5 Å². The summed E-state index contributed by atoms with van der Waals surface area (Å²) < 4.78 is 0. The van der Waals surface area contributed by atoms with Gasteiger partial charge in [-0.1, -0.05) is 23.6 Å². The molecule has 0 fully saturated rings. The molecule has 1 aromatic rings. The number of hydrogen-bond donors (Lipinski definition) is 0. The van der Waals surface area contributed by atoms with Gasteiger partial charge in [0.1, 0.15) is 0 Å². The number of terminal acetylenes is 1. The van der Waals surface area contributed by atoms with Crippen LogP contribution in [-0.4, -0.2) is 13.6 Å². The van der Waals surface area contributed by atoms with E-state index in [1.165, 1.54) is 16.8 Å². The first-order valence-electron chi connectivity index (χ1n) is 4.37. The molecule has 0 N–H and O–H groups in total. The zero-order chi connectivity index (χ0) is 9.84. The smallest absolute Gasteiger partial charge is 0.0788 e. The van der Waals surface area contributed by atoms with Crippen LogP contribution in [0.2, 0.25) is 0 Å². The molecule has 0 aliphatic carbocycles. The summed E-state index contributed by atoms with van der Waals surface area (Å²) in [5.74, 6) is 2.63. The summed E-state index contributed by atoms with van der Waals surface area (Å²) in [5, 5.41) is 0. The van der Waals surface area contributed by atoms with E-state index in [0.717, 1.165) is 0 Å². The molecule has 0 amide bonds. The number of benzene rings is 1. The van der Waals surface area contributed by atoms with Crippen LogP contribution in [0, 0.1) is 26.2 Å². The molecule has 0 aliphatic heterocycles. The molecule has 0 aromatic heterocycles. The highest BCUT2D eigenvalue weighted by Gasteiger charge is 2.01. The van der Waals surface area contributed by atoms with Gasteiger partial charge in [-0.3, -0.25) is 0 Å². The largest absolute Gasteiger partial charge is 0.363 e. The van der Waals surface area contributed by atoms with Crippen molar-refractivity contribution in [1.82, 2.24) is 0 Å². The minimum atomic E-state index is 0.657. The maximum absolute atomic E-state index is 5.26. The van der Waals surface area contributed by atoms with Gasteiger partial charge in [0.15, 0.2) is 0 Å². The lowest BCUT2D eigenvalue weighted by molar-refractivity contribution is 1.04. The Balaban J connectivity index is 2.96. The van der Waals surface area contributed by atoms with E-state index >= 15 is 0 Å². The fraction of sp³-hybridized carbons (Fsp3) is 0.333. The highest BCUT2D eigenvalue weighted by molar-refractivity contribution is 5.54. The summed E-state index contributed by atoms with van der Waals surface area (Å²) in [4.78, 5) is 2.08. The second-order valence-electron chi connectivity index (χ2n) is 3.35. The molecule has 13 heavy (non-hydrogen) atoms. The van der Waals surface area contributed by atoms with Crippen LogP contribution in [-0.2, 0) is 0 Å². The fourth-order valence-electron chi connectivity index (χ4n) is 1.46. The molecular formula is C12H15N. The van der Waals surface area contributed by atoms with Crippen LogP contribution in [0.4, 0.5) is 5.69 Å². The van der Waals surface area contributed by atoms with Crippen molar-refractivity contribution in [2.75, 3.05) is 18.5 Å². The van der Waals surface area contributed by atoms with Crippen molar-refractivity contribution < 1.29 is 0 Å². The van der Waals surface area contributed by atoms with Crippen LogP contribution in [0.5, 0.6) is 0 Å². The van der Waals surface area contributed by atoms with E-state index in [1.807, 2.05) is 7.05 Å². The lowest BCUT2D eigenvalue weighted by Gasteiger charge is -2.18. The van der Waals surface area contributed by atoms with Crippen molar-refractivity contribution in [1.29, 1.82) is 0 Å². The van der Waals surface area contributed by atoms with E-state index in [4.69, 9.17) is 6.42 Å². The van der Waals surface area contributed by atoms with Crippen LogP contribution in [0.3, 0.4) is 0 Å². The second-order valence-corrected chi connectivity index (χ2v) is 3.35. The second kappa shape index (κ2) is 4.00. The molecule has 0 heterocycles. The van der Waals surface area contributed by atoms with Crippen molar-refractivity contribution in [3.05, 3.63) is 29.3 Å². The predicted molar refractivity (Wildman–Crippen MR) is 58.0 cm³/mol. The molecule has 0 spiro atoms. The van der Waals surface area contributed by atoms with Gasteiger partial charge in [0.05, 0.1) is 6.54 Å². The number of nitrogens with zero attached hydrogens (tertiary/aromatic N) is 1. The average Bonchev–Trinajstić information content (AvgIpc) is 2.04. The van der Waals surface area contributed by atoms with Crippen molar-refractivity contribution in [2.45, 2.75) is 13.8 Å². The highest BCUT2D eigenvalue weighted by Crippen LogP contribution is 2.19. The number of rotatable bonds is 2. The van der Waals surface area contributed by atoms with Gasteiger partial charge in [-0.25, -0.2) is 0 Å². The first-order chi connectivity index (χ1) is 6.15. The Morgan fingerprint density at radius 1 is 1.38 bits per heavy atom. The Bertz CT molecular complexity index is 333. The summed E-state index contributed by atoms with van der Waals surface area (Å²) >= 11 is 0. The topological polar surface area (TPSA) is 3.24 Å². The van der Waals surface area contributed by atoms with Gasteiger partial charge in [0.2, 0.25) is 0 Å². The van der Waals surface area contributed by atoms with E-state index in [2.05, 4.69) is 42.9 Å². The maximum Gasteiger partial charge on any atom is 0.0788 e. The van der Waals surface area contributed by atoms with E-state index in [-0.39, 0.29) is 0 Å². The van der Waals surface area contributed by atoms with Gasteiger partial charge in [-0.2, -0.15) is 0 Å². The monoisotopic (exact) mass is 173 g/mol. The third-order valence-electron chi connectivity index (χ3n) is 2.09. The lowest BCUT2D eigenvalue weighted by atomic mass is 10.1. The highest BCUT2D eigenvalue weighted by atomic mass is 15.1. The predicted octanol–water partition coefficient (Wildman–Crippen LogP) is 2.37. The quantitative estimate of drug-likeness (QED) is 0.621. The van der Waals surface area contributed by atoms with Crippen LogP contribution in [0.1, 0.15) is 11.1 Å². The van der Waals surface area contributed by atoms with Crippen molar-refractivity contribution >= 4 is 5.69 Å². The van der Waals surface area contributed by atoms with Crippen molar-refractivity contribution in [3.63, 3.8) is 0 Å². The first kappa shape index (κ1) is 9.67. The van der Waals surface area contributed by atoms with Gasteiger partial charge in [0.25, 0.3) is 0 Å². The molecule has 0 atom stereocenters. The average molecular weight is 173 g/mol. The Hall–Kier alpha value is -1.42. The Labute approximate surface area is 80.4 Å². The number of aryl methyl sites for hydroxylation is 2. The maximum atomic E-state index is 5.26. The molecule has 0 aliphatic rings. The minimum absolute atomic E-state index is 0.657. The van der Waals surface area contributed by atoms with Crippen LogP contribution in [0.25, 0.3) is 0 Å². The molecule has 1 rings (SSSR count). The number of anilines is 1. The normalized spacial score (nSPS) is 9.38. The van der Waals surface area contributed by atoms with E-state index in [9.17, 15) is 0 Å². The lowest BCUT2D eigenvalue weighted by Crippen LogP contribution is -2.17. The Kier molecular flexibility index (Phi) is 2.97. The molecule has 1 aromatic carbocycles. The molecule has 0 unspecified atom stereocenters. The fourth-order valence-corrected chi connectivity index (χ4v) is 1.46. The zero-order valence-corrected chi connectivity index (χ0v) is 8.46. The van der Waals surface area contributed by atoms with E-state index in [0.29, 0.717) is 6.54 Å². The molecular weight excluding hydrogens is 158 g/mol. The molecule has 1 heteroatoms. The standard InChI is InChI=1S/C12H15N/c1-5-8-13(4)12-7-6-10(2)9-11(12)3/h1,6-7,9H,8H2,2-4H3. The SMILES string of the molecule is C#CCN(C)c1ccc(C)cc1C. The van der Waals surface area contributed by atoms with Gasteiger partial charge < -0.3 is 4.90 Å². The molecule has 0 radical (unpaired) electrons. The Morgan fingerprint density at radius 2 is 2.08 bits per heavy atom. The van der Waals surface area contributed by atoms with Gasteiger partial charge in [0, 0.05) is 12.7 Å². The zero-order valence-electron chi connectivity index (χ0n) is 8.46. The van der Waals surface area contributed by atoms with Gasteiger partial charge in [-0.15, -0.1) is 6.42 Å². The van der Waals surface area contributed by atoms with Crippen LogP contribution >= 0.6 is 0 Å². The summed E-state index contributed by atoms with van der Waals surface area (Å²) in [7, 11) is 2.01. The third-order valence-corrected chi connectivity index (χ3v) is 2.09. The van der Waals surface area contributed by atoms with Gasteiger partial charge >= 0.3 is 0 Å². The first-order valence-corrected chi connectivity index (χ1v) is 4.37.